The summed E-state index contributed by atoms with van der Waals surface area (Å²) in [4.78, 5) is 12.6. The van der Waals surface area contributed by atoms with E-state index in [-0.39, 0.29) is 12.1 Å². The molecular weight excluding hydrogens is 550 g/mol. The summed E-state index contributed by atoms with van der Waals surface area (Å²) in [7, 11) is 0. The molecule has 0 aromatic carbocycles. The van der Waals surface area contributed by atoms with Gasteiger partial charge < -0.3 is 0 Å². The fourth-order valence-corrected chi connectivity index (χ4v) is 7.13. The van der Waals surface area contributed by atoms with E-state index in [0.29, 0.717) is 12.6 Å². The molecule has 4 nitrogen and oxygen atoms in total. The van der Waals surface area contributed by atoms with Crippen LogP contribution in [0.15, 0.2) is 0 Å². The van der Waals surface area contributed by atoms with Crippen LogP contribution >= 0.6 is 0 Å². The summed E-state index contributed by atoms with van der Waals surface area (Å²) in [5, 5.41) is 6.91. The average Bonchev–Trinajstić information content (AvgIpc) is 3.51. The lowest BCUT2D eigenvalue weighted by atomic mass is 10.0. The van der Waals surface area contributed by atoms with Crippen LogP contribution in [0.25, 0.3) is 0 Å². The lowest BCUT2D eigenvalue weighted by Crippen LogP contribution is -2.46. The van der Waals surface area contributed by atoms with Gasteiger partial charge >= 0.3 is 0 Å². The second-order valence-electron chi connectivity index (χ2n) is 14.6. The number of unbranched alkanes of at least 4 members (excludes halogenated alkanes) is 29. The van der Waals surface area contributed by atoms with Gasteiger partial charge in [0.05, 0.1) is 6.54 Å². The first-order valence-electron chi connectivity index (χ1n) is 20.8. The first-order chi connectivity index (χ1) is 22.2. The van der Waals surface area contributed by atoms with E-state index in [1.165, 1.54) is 199 Å². The van der Waals surface area contributed by atoms with Gasteiger partial charge in [0.15, 0.2) is 6.21 Å². The quantitative estimate of drug-likeness (QED) is 0.0539. The number of rotatable bonds is 35. The number of nitrogens with one attached hydrogen (secondary N) is 2. The van der Waals surface area contributed by atoms with E-state index in [1.807, 2.05) is 0 Å². The Bertz CT molecular complexity index is 663. The molecule has 1 amide bonds. The molecule has 2 N–H and O–H groups in total. The first kappa shape index (κ1) is 42.1. The second-order valence-corrected chi connectivity index (χ2v) is 14.6. The van der Waals surface area contributed by atoms with E-state index in [0.717, 1.165) is 13.0 Å². The molecule has 45 heavy (non-hydrogen) atoms. The maximum Gasteiger partial charge on any atom is 0.226 e. The third-order valence-electron chi connectivity index (χ3n) is 10.2. The Kier molecular flexibility index (Phi) is 30.9. The van der Waals surface area contributed by atoms with Gasteiger partial charge in [-0.05, 0) is 12.8 Å². The molecule has 0 aliphatic carbocycles. The van der Waals surface area contributed by atoms with Gasteiger partial charge in [-0.2, -0.15) is 0 Å². The summed E-state index contributed by atoms with van der Waals surface area (Å²) in [6.45, 7) is 7.66. The van der Waals surface area contributed by atoms with Crippen molar-refractivity contribution in [1.29, 1.82) is 0 Å². The molecule has 1 aliphatic heterocycles. The lowest BCUT2D eigenvalue weighted by Gasteiger charge is -2.17. The van der Waals surface area contributed by atoms with E-state index >= 15 is 0 Å². The molecule has 0 aromatic rings. The van der Waals surface area contributed by atoms with Gasteiger partial charge in [0.2, 0.25) is 18.2 Å². The van der Waals surface area contributed by atoms with Crippen LogP contribution < -0.4 is 10.6 Å². The van der Waals surface area contributed by atoms with Gasteiger partial charge in [-0.3, -0.25) is 10.1 Å². The van der Waals surface area contributed by atoms with Crippen LogP contribution in [-0.4, -0.2) is 35.6 Å². The summed E-state index contributed by atoms with van der Waals surface area (Å²) in [5.74, 6) is 0.221. The van der Waals surface area contributed by atoms with Gasteiger partial charge in [0.25, 0.3) is 0 Å². The molecule has 0 fully saturated rings. The number of hydrogen-bond donors (Lipinski definition) is 2. The van der Waals surface area contributed by atoms with E-state index in [4.69, 9.17) is 0 Å². The first-order valence-corrected chi connectivity index (χ1v) is 20.8. The van der Waals surface area contributed by atoms with Crippen LogP contribution in [-0.2, 0) is 4.79 Å². The zero-order valence-electron chi connectivity index (χ0n) is 31.1. The highest BCUT2D eigenvalue weighted by molar-refractivity contribution is 5.76. The van der Waals surface area contributed by atoms with Gasteiger partial charge in [0.1, 0.15) is 0 Å². The smallest absolute Gasteiger partial charge is 0.226 e. The fourth-order valence-electron chi connectivity index (χ4n) is 7.13. The average molecular weight is 633 g/mol. The molecule has 0 aromatic heterocycles. The molecule has 0 bridgehead atoms. The summed E-state index contributed by atoms with van der Waals surface area (Å²) in [5.41, 5.74) is 0. The van der Waals surface area contributed by atoms with Crippen LogP contribution in [0.2, 0.25) is 0 Å². The van der Waals surface area contributed by atoms with E-state index in [1.54, 1.807) is 0 Å². The predicted molar refractivity (Wildman–Crippen MR) is 199 cm³/mol. The highest BCUT2D eigenvalue weighted by Gasteiger charge is 2.30. The minimum absolute atomic E-state index is 0.0786. The highest BCUT2D eigenvalue weighted by atomic mass is 16.1. The van der Waals surface area contributed by atoms with Crippen molar-refractivity contribution in [3.05, 3.63) is 0 Å². The van der Waals surface area contributed by atoms with Crippen molar-refractivity contribution in [3.8, 4) is 0 Å². The normalized spacial score (nSPS) is 15.4. The van der Waals surface area contributed by atoms with Crippen molar-refractivity contribution in [1.82, 2.24) is 10.6 Å². The van der Waals surface area contributed by atoms with Crippen molar-refractivity contribution in [2.75, 3.05) is 6.54 Å². The molecule has 4 heteroatoms. The van der Waals surface area contributed by atoms with E-state index in [2.05, 4.69) is 42.2 Å². The van der Waals surface area contributed by atoms with Crippen molar-refractivity contribution >= 4 is 12.1 Å². The zero-order valence-corrected chi connectivity index (χ0v) is 31.1. The number of hydrogen-bond acceptors (Lipinski definition) is 2. The maximum absolute atomic E-state index is 12.6. The van der Waals surface area contributed by atoms with Crippen molar-refractivity contribution in [2.45, 2.75) is 245 Å². The Morgan fingerprint density at radius 3 is 1.29 bits per heavy atom. The third kappa shape index (κ3) is 26.8. The molecule has 1 aliphatic rings. The molecule has 0 radical (unpaired) electrons. The lowest BCUT2D eigenvalue weighted by molar-refractivity contribution is -0.595. The molecule has 2 unspecified atom stereocenters. The van der Waals surface area contributed by atoms with Gasteiger partial charge in [-0.15, -0.1) is 0 Å². The topological polar surface area (TPSA) is 44.1 Å². The summed E-state index contributed by atoms with van der Waals surface area (Å²) < 4.78 is 2.36. The number of amides is 1. The van der Waals surface area contributed by atoms with E-state index < -0.39 is 0 Å². The number of nitrogens with zero attached hydrogens (tertiary/aromatic N) is 1. The van der Waals surface area contributed by atoms with Gasteiger partial charge in [0, 0.05) is 19.8 Å². The SMILES string of the molecule is CCCCCCCCCCCCCCCCCCC1NCC=[N+]1C(C)NC(=O)CCCCCCCCCCCCCCCCC. The summed E-state index contributed by atoms with van der Waals surface area (Å²) in [6.07, 6.45) is 47.6. The standard InChI is InChI=1S/C41H81N3O/c1-4-6-8-10-12-14-16-18-20-22-23-25-27-29-31-33-35-40-42-37-38-44(40)39(3)43-41(45)36-34-32-30-28-26-24-21-19-17-15-13-11-9-7-5-2/h38-40,42H,4-37H2,1-3H3/p+1. The predicted octanol–water partition coefficient (Wildman–Crippen LogP) is 12.4. The third-order valence-corrected chi connectivity index (χ3v) is 10.2. The largest absolute Gasteiger partial charge is 0.299 e. The Labute approximate surface area is 283 Å². The Morgan fingerprint density at radius 1 is 0.578 bits per heavy atom. The molecule has 0 saturated heterocycles. The van der Waals surface area contributed by atoms with Crippen molar-refractivity contribution in [3.63, 3.8) is 0 Å². The van der Waals surface area contributed by atoms with Crippen LogP contribution in [0.4, 0.5) is 0 Å². The van der Waals surface area contributed by atoms with Crippen LogP contribution in [0.3, 0.4) is 0 Å². The van der Waals surface area contributed by atoms with E-state index in [9.17, 15) is 4.79 Å². The minimum atomic E-state index is 0.0786. The van der Waals surface area contributed by atoms with Crippen LogP contribution in [0, 0.1) is 0 Å². The molecule has 1 rings (SSSR count). The van der Waals surface area contributed by atoms with Gasteiger partial charge in [-0.25, -0.2) is 9.89 Å². The van der Waals surface area contributed by atoms with Crippen LogP contribution in [0.1, 0.15) is 233 Å². The molecule has 266 valence electrons. The zero-order chi connectivity index (χ0) is 32.5. The molecule has 0 spiro atoms. The number of carbonyl (C=O) groups excluding carboxylic acids is 1. The van der Waals surface area contributed by atoms with Crippen molar-refractivity contribution in [2.24, 2.45) is 0 Å². The minimum Gasteiger partial charge on any atom is -0.299 e. The molecule has 2 atom stereocenters. The second kappa shape index (κ2) is 33.0. The Morgan fingerprint density at radius 2 is 0.911 bits per heavy atom. The molecule has 1 heterocycles. The van der Waals surface area contributed by atoms with Crippen LogP contribution in [0.5, 0.6) is 0 Å². The highest BCUT2D eigenvalue weighted by Crippen LogP contribution is 2.16. The fraction of sp³-hybridized carbons (Fsp3) is 0.951. The Balaban J connectivity index is 1.91. The molecular formula is C41H82N3O+. The summed E-state index contributed by atoms with van der Waals surface area (Å²) >= 11 is 0. The maximum atomic E-state index is 12.6. The molecule has 0 saturated carbocycles. The van der Waals surface area contributed by atoms with Gasteiger partial charge in [-0.1, -0.05) is 200 Å². The Hall–Kier alpha value is -0.900. The number of carbonyl (C=O) groups is 1. The van der Waals surface area contributed by atoms with Crippen molar-refractivity contribution < 1.29 is 9.37 Å². The monoisotopic (exact) mass is 633 g/mol. The summed E-state index contributed by atoms with van der Waals surface area (Å²) in [6, 6.07) is 0.